The highest BCUT2D eigenvalue weighted by atomic mass is 32.2. The standard InChI is InChI=1S/C14H20O4S/c1-11(2)19(17,18)10-14(3,13(15)16)9-12-7-5-4-6-8-12/h4-8,11H,9-10H2,1-3H3,(H,15,16). The Labute approximate surface area is 114 Å². The molecule has 0 saturated carbocycles. The summed E-state index contributed by atoms with van der Waals surface area (Å²) in [6, 6.07) is 9.09. The molecule has 0 aliphatic heterocycles. The van der Waals surface area contributed by atoms with Crippen LogP contribution < -0.4 is 0 Å². The third-order valence-corrected chi connectivity index (χ3v) is 5.67. The molecule has 1 unspecified atom stereocenters. The normalized spacial score (nSPS) is 15.2. The van der Waals surface area contributed by atoms with Gasteiger partial charge < -0.3 is 5.11 Å². The highest BCUT2D eigenvalue weighted by molar-refractivity contribution is 7.92. The van der Waals surface area contributed by atoms with E-state index < -0.39 is 26.5 Å². The maximum Gasteiger partial charge on any atom is 0.310 e. The Morgan fingerprint density at radius 1 is 1.26 bits per heavy atom. The molecular weight excluding hydrogens is 264 g/mol. The number of carbonyl (C=O) groups is 1. The molecule has 0 spiro atoms. The number of benzene rings is 1. The molecule has 0 aliphatic carbocycles. The van der Waals surface area contributed by atoms with Crippen LogP contribution in [0.4, 0.5) is 0 Å². The SMILES string of the molecule is CC(C)S(=O)(=O)CC(C)(Cc1ccccc1)C(=O)O. The summed E-state index contributed by atoms with van der Waals surface area (Å²) in [5.74, 6) is -1.43. The van der Waals surface area contributed by atoms with Crippen LogP contribution in [0.3, 0.4) is 0 Å². The zero-order chi connectivity index (χ0) is 14.7. The van der Waals surface area contributed by atoms with Gasteiger partial charge >= 0.3 is 5.97 Å². The van der Waals surface area contributed by atoms with Crippen LogP contribution in [0, 0.1) is 5.41 Å². The van der Waals surface area contributed by atoms with Crippen LogP contribution in [0.25, 0.3) is 0 Å². The van der Waals surface area contributed by atoms with Crippen molar-refractivity contribution in [1.82, 2.24) is 0 Å². The molecular formula is C14H20O4S. The quantitative estimate of drug-likeness (QED) is 0.868. The predicted molar refractivity (Wildman–Crippen MR) is 74.8 cm³/mol. The van der Waals surface area contributed by atoms with Crippen molar-refractivity contribution in [2.45, 2.75) is 32.4 Å². The van der Waals surface area contributed by atoms with Gasteiger partial charge in [-0.05, 0) is 32.8 Å². The minimum absolute atomic E-state index is 0.203. The van der Waals surface area contributed by atoms with E-state index in [1.54, 1.807) is 13.8 Å². The van der Waals surface area contributed by atoms with Gasteiger partial charge in [0.05, 0.1) is 16.4 Å². The lowest BCUT2D eigenvalue weighted by Gasteiger charge is -2.25. The average Bonchev–Trinajstić information content (AvgIpc) is 2.28. The van der Waals surface area contributed by atoms with Crippen LogP contribution in [-0.4, -0.2) is 30.5 Å². The van der Waals surface area contributed by atoms with E-state index in [0.29, 0.717) is 0 Å². The number of carboxylic acid groups (broad SMARTS) is 1. The maximum absolute atomic E-state index is 12.0. The lowest BCUT2D eigenvalue weighted by molar-refractivity contribution is -0.146. The fourth-order valence-corrected chi connectivity index (χ4v) is 3.29. The fourth-order valence-electron chi connectivity index (χ4n) is 1.85. The topological polar surface area (TPSA) is 71.4 Å². The second kappa shape index (κ2) is 5.74. The molecule has 0 saturated heterocycles. The van der Waals surface area contributed by atoms with Crippen molar-refractivity contribution in [2.75, 3.05) is 5.75 Å². The summed E-state index contributed by atoms with van der Waals surface area (Å²) in [5.41, 5.74) is -0.476. The molecule has 0 radical (unpaired) electrons. The van der Waals surface area contributed by atoms with E-state index in [2.05, 4.69) is 0 Å². The molecule has 0 aromatic heterocycles. The Morgan fingerprint density at radius 3 is 2.21 bits per heavy atom. The number of carboxylic acids is 1. The minimum Gasteiger partial charge on any atom is -0.481 e. The Balaban J connectivity index is 3.02. The van der Waals surface area contributed by atoms with Crippen LogP contribution >= 0.6 is 0 Å². The van der Waals surface area contributed by atoms with Gasteiger partial charge in [0.25, 0.3) is 0 Å². The first-order valence-corrected chi connectivity index (χ1v) is 7.88. The van der Waals surface area contributed by atoms with Gasteiger partial charge in [0, 0.05) is 0 Å². The molecule has 0 bridgehead atoms. The third-order valence-electron chi connectivity index (χ3n) is 3.19. The summed E-state index contributed by atoms with van der Waals surface area (Å²) in [6.07, 6.45) is 0.203. The zero-order valence-corrected chi connectivity index (χ0v) is 12.3. The first-order chi connectivity index (χ1) is 8.67. The molecule has 0 fully saturated rings. The summed E-state index contributed by atoms with van der Waals surface area (Å²) in [4.78, 5) is 11.5. The summed E-state index contributed by atoms with van der Waals surface area (Å²) < 4.78 is 24.0. The monoisotopic (exact) mass is 284 g/mol. The molecule has 1 rings (SSSR count). The van der Waals surface area contributed by atoms with Gasteiger partial charge in [-0.15, -0.1) is 0 Å². The van der Waals surface area contributed by atoms with Crippen molar-refractivity contribution in [3.05, 3.63) is 35.9 Å². The molecule has 1 aromatic carbocycles. The molecule has 19 heavy (non-hydrogen) atoms. The molecule has 106 valence electrons. The number of sulfone groups is 1. The second-order valence-corrected chi connectivity index (χ2v) is 7.94. The van der Waals surface area contributed by atoms with Crippen LogP contribution in [0.15, 0.2) is 30.3 Å². The average molecular weight is 284 g/mol. The summed E-state index contributed by atoms with van der Waals surface area (Å²) >= 11 is 0. The van der Waals surface area contributed by atoms with Crippen molar-refractivity contribution in [3.63, 3.8) is 0 Å². The van der Waals surface area contributed by atoms with Crippen LogP contribution in [-0.2, 0) is 21.1 Å². The van der Waals surface area contributed by atoms with Crippen molar-refractivity contribution in [1.29, 1.82) is 0 Å². The van der Waals surface area contributed by atoms with Crippen molar-refractivity contribution in [2.24, 2.45) is 5.41 Å². The molecule has 0 aliphatic rings. The number of hydrogen-bond acceptors (Lipinski definition) is 3. The Morgan fingerprint density at radius 2 is 1.79 bits per heavy atom. The molecule has 4 nitrogen and oxygen atoms in total. The first-order valence-electron chi connectivity index (χ1n) is 6.16. The van der Waals surface area contributed by atoms with Gasteiger partial charge in [-0.25, -0.2) is 8.42 Å². The van der Waals surface area contributed by atoms with Crippen molar-refractivity contribution < 1.29 is 18.3 Å². The van der Waals surface area contributed by atoms with Crippen LogP contribution in [0.5, 0.6) is 0 Å². The van der Waals surface area contributed by atoms with E-state index in [-0.39, 0.29) is 12.2 Å². The molecule has 1 N–H and O–H groups in total. The molecule has 1 atom stereocenters. The fraction of sp³-hybridized carbons (Fsp3) is 0.500. The zero-order valence-electron chi connectivity index (χ0n) is 11.5. The predicted octanol–water partition coefficient (Wildman–Crippen LogP) is 2.14. The number of rotatable bonds is 6. The summed E-state index contributed by atoms with van der Waals surface area (Å²) in [6.45, 7) is 4.63. The van der Waals surface area contributed by atoms with E-state index in [1.807, 2.05) is 30.3 Å². The van der Waals surface area contributed by atoms with Gasteiger partial charge in [0.2, 0.25) is 0 Å². The molecule has 5 heteroatoms. The van der Waals surface area contributed by atoms with E-state index in [0.717, 1.165) is 5.56 Å². The highest BCUT2D eigenvalue weighted by Crippen LogP contribution is 2.26. The Bertz CT molecular complexity index is 534. The summed E-state index contributed by atoms with van der Waals surface area (Å²) in [7, 11) is -3.40. The van der Waals surface area contributed by atoms with E-state index in [1.165, 1.54) is 6.92 Å². The van der Waals surface area contributed by atoms with Gasteiger partial charge in [0.15, 0.2) is 9.84 Å². The lowest BCUT2D eigenvalue weighted by Crippen LogP contribution is -2.39. The maximum atomic E-state index is 12.0. The first kappa shape index (κ1) is 15.7. The second-order valence-electron chi connectivity index (χ2n) is 5.38. The number of hydrogen-bond donors (Lipinski definition) is 1. The molecule has 0 heterocycles. The van der Waals surface area contributed by atoms with E-state index in [9.17, 15) is 18.3 Å². The lowest BCUT2D eigenvalue weighted by atomic mass is 9.86. The van der Waals surface area contributed by atoms with Gasteiger partial charge in [-0.1, -0.05) is 30.3 Å². The Hall–Kier alpha value is -1.36. The smallest absolute Gasteiger partial charge is 0.310 e. The van der Waals surface area contributed by atoms with Gasteiger partial charge in [-0.3, -0.25) is 4.79 Å². The van der Waals surface area contributed by atoms with Crippen LogP contribution in [0.2, 0.25) is 0 Å². The van der Waals surface area contributed by atoms with Gasteiger partial charge in [-0.2, -0.15) is 0 Å². The van der Waals surface area contributed by atoms with Crippen molar-refractivity contribution >= 4 is 15.8 Å². The summed E-state index contributed by atoms with van der Waals surface area (Å²) in [5, 5.41) is 8.81. The third kappa shape index (κ3) is 4.06. The van der Waals surface area contributed by atoms with Gasteiger partial charge in [0.1, 0.15) is 0 Å². The van der Waals surface area contributed by atoms with E-state index in [4.69, 9.17) is 0 Å². The molecule has 0 amide bonds. The van der Waals surface area contributed by atoms with Crippen molar-refractivity contribution in [3.8, 4) is 0 Å². The van der Waals surface area contributed by atoms with E-state index >= 15 is 0 Å². The van der Waals surface area contributed by atoms with Crippen LogP contribution in [0.1, 0.15) is 26.3 Å². The highest BCUT2D eigenvalue weighted by Gasteiger charge is 2.39. The number of aliphatic carboxylic acids is 1. The largest absolute Gasteiger partial charge is 0.481 e. The minimum atomic E-state index is -3.40. The Kier molecular flexibility index (Phi) is 4.74. The molecule has 1 aromatic rings.